The van der Waals surface area contributed by atoms with Gasteiger partial charge in [-0.2, -0.15) is 0 Å². The minimum Gasteiger partial charge on any atom is -0.444 e. The number of alkyl carbamates (subject to hydrolysis) is 1. The fourth-order valence-corrected chi connectivity index (χ4v) is 2.08. The van der Waals surface area contributed by atoms with Crippen LogP contribution in [0.5, 0.6) is 0 Å². The van der Waals surface area contributed by atoms with E-state index in [1.165, 1.54) is 5.56 Å². The standard InChI is InChI=1S/C17H22N2O2/c1-17(2,3)21-16(20)19-11-4-6-13-8-9-15-14(12-13)7-5-10-18-15/h5,7-10,12H,4,6,11H2,1-3H3,(H,19,20). The molecule has 0 atom stereocenters. The van der Waals surface area contributed by atoms with Gasteiger partial charge in [-0.1, -0.05) is 12.1 Å². The summed E-state index contributed by atoms with van der Waals surface area (Å²) in [7, 11) is 0. The van der Waals surface area contributed by atoms with Crippen LogP contribution >= 0.6 is 0 Å². The topological polar surface area (TPSA) is 51.2 Å². The zero-order valence-electron chi connectivity index (χ0n) is 12.8. The Balaban J connectivity index is 1.79. The van der Waals surface area contributed by atoms with Crippen molar-refractivity contribution in [3.8, 4) is 0 Å². The molecule has 2 rings (SSSR count). The second-order valence-corrected chi connectivity index (χ2v) is 6.06. The van der Waals surface area contributed by atoms with Crippen molar-refractivity contribution in [1.29, 1.82) is 0 Å². The summed E-state index contributed by atoms with van der Waals surface area (Å²) in [6, 6.07) is 10.3. The maximum absolute atomic E-state index is 11.5. The van der Waals surface area contributed by atoms with Crippen LogP contribution in [0.2, 0.25) is 0 Å². The number of aryl methyl sites for hydroxylation is 1. The van der Waals surface area contributed by atoms with Crippen molar-refractivity contribution in [2.24, 2.45) is 0 Å². The zero-order chi connectivity index (χ0) is 15.3. The molecule has 0 saturated heterocycles. The van der Waals surface area contributed by atoms with Gasteiger partial charge in [-0.15, -0.1) is 0 Å². The monoisotopic (exact) mass is 286 g/mol. The molecule has 4 heteroatoms. The average molecular weight is 286 g/mol. The number of benzene rings is 1. The number of fused-ring (bicyclic) bond motifs is 1. The fourth-order valence-electron chi connectivity index (χ4n) is 2.08. The van der Waals surface area contributed by atoms with E-state index >= 15 is 0 Å². The van der Waals surface area contributed by atoms with Crippen molar-refractivity contribution in [3.05, 3.63) is 42.1 Å². The number of pyridine rings is 1. The molecule has 0 bridgehead atoms. The van der Waals surface area contributed by atoms with Crippen molar-refractivity contribution >= 4 is 17.0 Å². The highest BCUT2D eigenvalue weighted by atomic mass is 16.6. The van der Waals surface area contributed by atoms with Crippen LogP contribution in [-0.4, -0.2) is 23.2 Å². The first-order valence-electron chi connectivity index (χ1n) is 7.24. The normalized spacial score (nSPS) is 11.4. The molecule has 1 heterocycles. The van der Waals surface area contributed by atoms with Crippen LogP contribution in [0.15, 0.2) is 36.5 Å². The molecular formula is C17H22N2O2. The van der Waals surface area contributed by atoms with Crippen LogP contribution in [0.4, 0.5) is 4.79 Å². The maximum atomic E-state index is 11.5. The minimum absolute atomic E-state index is 0.356. The van der Waals surface area contributed by atoms with E-state index in [1.54, 1.807) is 6.20 Å². The number of amides is 1. The summed E-state index contributed by atoms with van der Waals surface area (Å²) in [6.45, 7) is 6.18. The summed E-state index contributed by atoms with van der Waals surface area (Å²) >= 11 is 0. The second-order valence-electron chi connectivity index (χ2n) is 6.06. The van der Waals surface area contributed by atoms with Gasteiger partial charge in [0, 0.05) is 18.1 Å². The van der Waals surface area contributed by atoms with E-state index in [0.717, 1.165) is 23.7 Å². The Bertz CT molecular complexity index is 617. The third kappa shape index (κ3) is 5.06. The molecule has 0 aliphatic rings. The van der Waals surface area contributed by atoms with E-state index in [0.29, 0.717) is 6.54 Å². The van der Waals surface area contributed by atoms with E-state index in [1.807, 2.05) is 32.9 Å². The number of hydrogen-bond donors (Lipinski definition) is 1. The van der Waals surface area contributed by atoms with Gasteiger partial charge >= 0.3 is 6.09 Å². The van der Waals surface area contributed by atoms with E-state index < -0.39 is 5.60 Å². The van der Waals surface area contributed by atoms with Crippen LogP contribution in [0.25, 0.3) is 10.9 Å². The molecule has 0 radical (unpaired) electrons. The molecule has 21 heavy (non-hydrogen) atoms. The van der Waals surface area contributed by atoms with Gasteiger partial charge in [0.25, 0.3) is 0 Å². The highest BCUT2D eigenvalue weighted by Gasteiger charge is 2.15. The molecule has 0 aliphatic heterocycles. The minimum atomic E-state index is -0.449. The van der Waals surface area contributed by atoms with Crippen LogP contribution in [0, 0.1) is 0 Å². The summed E-state index contributed by atoms with van der Waals surface area (Å²) in [5, 5.41) is 3.92. The zero-order valence-corrected chi connectivity index (χ0v) is 12.8. The van der Waals surface area contributed by atoms with Crippen molar-refractivity contribution in [1.82, 2.24) is 10.3 Å². The number of ether oxygens (including phenoxy) is 1. The average Bonchev–Trinajstić information content (AvgIpc) is 2.41. The van der Waals surface area contributed by atoms with E-state index in [4.69, 9.17) is 4.74 Å². The molecular weight excluding hydrogens is 264 g/mol. The smallest absolute Gasteiger partial charge is 0.407 e. The van der Waals surface area contributed by atoms with Gasteiger partial charge in [0.2, 0.25) is 0 Å². The van der Waals surface area contributed by atoms with Crippen molar-refractivity contribution in [2.75, 3.05) is 6.54 Å². The van der Waals surface area contributed by atoms with E-state index in [2.05, 4.69) is 28.5 Å². The van der Waals surface area contributed by atoms with Gasteiger partial charge in [0.1, 0.15) is 5.60 Å². The molecule has 0 spiro atoms. The molecule has 0 fully saturated rings. The molecule has 4 nitrogen and oxygen atoms in total. The molecule has 1 aromatic carbocycles. The Labute approximate surface area is 125 Å². The molecule has 1 N–H and O–H groups in total. The Morgan fingerprint density at radius 2 is 2.10 bits per heavy atom. The van der Waals surface area contributed by atoms with Gasteiger partial charge in [-0.3, -0.25) is 4.98 Å². The molecule has 112 valence electrons. The SMILES string of the molecule is CC(C)(C)OC(=O)NCCCc1ccc2ncccc2c1. The number of nitrogens with zero attached hydrogens (tertiary/aromatic N) is 1. The lowest BCUT2D eigenvalue weighted by Gasteiger charge is -2.19. The number of aromatic nitrogens is 1. The fraction of sp³-hybridized carbons (Fsp3) is 0.412. The molecule has 1 aromatic heterocycles. The Hall–Kier alpha value is -2.10. The first kappa shape index (κ1) is 15.3. The molecule has 0 saturated carbocycles. The van der Waals surface area contributed by atoms with Crippen molar-refractivity contribution in [3.63, 3.8) is 0 Å². The van der Waals surface area contributed by atoms with Crippen LogP contribution in [-0.2, 0) is 11.2 Å². The third-order valence-electron chi connectivity index (χ3n) is 2.98. The lowest BCUT2D eigenvalue weighted by molar-refractivity contribution is 0.0527. The summed E-state index contributed by atoms with van der Waals surface area (Å²) in [5.74, 6) is 0. The summed E-state index contributed by atoms with van der Waals surface area (Å²) in [6.07, 6.45) is 3.24. The highest BCUT2D eigenvalue weighted by Crippen LogP contribution is 2.14. The molecule has 1 amide bonds. The lowest BCUT2D eigenvalue weighted by atomic mass is 10.1. The Morgan fingerprint density at radius 3 is 2.86 bits per heavy atom. The van der Waals surface area contributed by atoms with E-state index in [-0.39, 0.29) is 6.09 Å². The van der Waals surface area contributed by atoms with Crippen molar-refractivity contribution in [2.45, 2.75) is 39.2 Å². The maximum Gasteiger partial charge on any atom is 0.407 e. The quantitative estimate of drug-likeness (QED) is 0.872. The van der Waals surface area contributed by atoms with Gasteiger partial charge < -0.3 is 10.1 Å². The van der Waals surface area contributed by atoms with Gasteiger partial charge in [-0.05, 0) is 57.4 Å². The number of hydrogen-bond acceptors (Lipinski definition) is 3. The Kier molecular flexibility index (Phi) is 4.78. The van der Waals surface area contributed by atoms with Gasteiger partial charge in [0.15, 0.2) is 0 Å². The first-order valence-corrected chi connectivity index (χ1v) is 7.24. The summed E-state index contributed by atoms with van der Waals surface area (Å²) in [5.41, 5.74) is 1.81. The first-order chi connectivity index (χ1) is 9.94. The highest BCUT2D eigenvalue weighted by molar-refractivity contribution is 5.78. The summed E-state index contributed by atoms with van der Waals surface area (Å²) in [4.78, 5) is 15.8. The molecule has 2 aromatic rings. The van der Waals surface area contributed by atoms with Gasteiger partial charge in [0.05, 0.1) is 5.52 Å². The third-order valence-corrected chi connectivity index (χ3v) is 2.98. The van der Waals surface area contributed by atoms with Crippen LogP contribution in [0.1, 0.15) is 32.8 Å². The number of carbonyl (C=O) groups is 1. The van der Waals surface area contributed by atoms with E-state index in [9.17, 15) is 4.79 Å². The lowest BCUT2D eigenvalue weighted by Crippen LogP contribution is -2.33. The predicted octanol–water partition coefficient (Wildman–Crippen LogP) is 3.69. The van der Waals surface area contributed by atoms with Gasteiger partial charge in [-0.25, -0.2) is 4.79 Å². The summed E-state index contributed by atoms with van der Waals surface area (Å²) < 4.78 is 5.19. The number of carbonyl (C=O) groups excluding carboxylic acids is 1. The number of rotatable bonds is 4. The Morgan fingerprint density at radius 1 is 1.29 bits per heavy atom. The predicted molar refractivity (Wildman–Crippen MR) is 84.3 cm³/mol. The van der Waals surface area contributed by atoms with Crippen LogP contribution < -0.4 is 5.32 Å². The molecule has 0 aliphatic carbocycles. The number of nitrogens with one attached hydrogen (secondary N) is 1. The largest absolute Gasteiger partial charge is 0.444 e. The van der Waals surface area contributed by atoms with Crippen LogP contribution in [0.3, 0.4) is 0 Å². The second kappa shape index (κ2) is 6.57. The molecule has 0 unspecified atom stereocenters. The van der Waals surface area contributed by atoms with Crippen molar-refractivity contribution < 1.29 is 9.53 Å².